The van der Waals surface area contributed by atoms with Gasteiger partial charge in [0.2, 0.25) is 0 Å². The fourth-order valence-corrected chi connectivity index (χ4v) is 3.15. The van der Waals surface area contributed by atoms with Crippen molar-refractivity contribution in [2.75, 3.05) is 13.7 Å². The van der Waals surface area contributed by atoms with E-state index in [1.54, 1.807) is 7.11 Å². The number of benzene rings is 1. The van der Waals surface area contributed by atoms with Gasteiger partial charge in [-0.2, -0.15) is 0 Å². The molecule has 0 saturated heterocycles. The van der Waals surface area contributed by atoms with E-state index in [-0.39, 0.29) is 12.1 Å². The van der Waals surface area contributed by atoms with E-state index in [0.717, 1.165) is 31.6 Å². The van der Waals surface area contributed by atoms with Crippen molar-refractivity contribution in [3.8, 4) is 0 Å². The van der Waals surface area contributed by atoms with Crippen LogP contribution < -0.4 is 0 Å². The molecule has 148 valence electrons. The zero-order chi connectivity index (χ0) is 19.4. The highest BCUT2D eigenvalue weighted by Gasteiger charge is 2.17. The standard InChI is InChI=1S/C23H38O3/c1-6-19-14-20(7-2)16-21(15-19)23(24)26-22(17-25-5)13-11-9-8-10-12-18(3)4/h14-16,18,22H,6-13,17H2,1-5H3. The van der Waals surface area contributed by atoms with Gasteiger partial charge >= 0.3 is 5.97 Å². The molecule has 26 heavy (non-hydrogen) atoms. The van der Waals surface area contributed by atoms with Crippen molar-refractivity contribution in [3.05, 3.63) is 34.9 Å². The first-order chi connectivity index (χ1) is 12.5. The molecule has 3 heteroatoms. The Morgan fingerprint density at radius 1 is 0.923 bits per heavy atom. The Labute approximate surface area is 160 Å². The van der Waals surface area contributed by atoms with Crippen molar-refractivity contribution in [2.24, 2.45) is 5.92 Å². The zero-order valence-electron chi connectivity index (χ0n) is 17.5. The number of carbonyl (C=O) groups is 1. The predicted octanol–water partition coefficient (Wildman–Crippen LogP) is 5.98. The van der Waals surface area contributed by atoms with Gasteiger partial charge in [-0.1, -0.05) is 59.4 Å². The normalized spacial score (nSPS) is 12.4. The maximum absolute atomic E-state index is 12.6. The third kappa shape index (κ3) is 8.84. The van der Waals surface area contributed by atoms with Gasteiger partial charge in [-0.05, 0) is 54.9 Å². The Bertz CT molecular complexity index is 500. The summed E-state index contributed by atoms with van der Waals surface area (Å²) in [7, 11) is 1.66. The van der Waals surface area contributed by atoms with Crippen LogP contribution in [0.1, 0.15) is 87.7 Å². The quantitative estimate of drug-likeness (QED) is 0.320. The number of methoxy groups -OCH3 is 1. The number of carbonyl (C=O) groups excluding carboxylic acids is 1. The third-order valence-electron chi connectivity index (χ3n) is 4.79. The maximum Gasteiger partial charge on any atom is 0.338 e. The van der Waals surface area contributed by atoms with E-state index in [1.165, 1.54) is 36.8 Å². The van der Waals surface area contributed by atoms with Crippen LogP contribution in [0.2, 0.25) is 0 Å². The molecule has 0 fully saturated rings. The van der Waals surface area contributed by atoms with Crippen LogP contribution >= 0.6 is 0 Å². The van der Waals surface area contributed by atoms with Gasteiger partial charge in [-0.15, -0.1) is 0 Å². The van der Waals surface area contributed by atoms with Crippen LogP contribution in [0.25, 0.3) is 0 Å². The van der Waals surface area contributed by atoms with Crippen LogP contribution in [0.4, 0.5) is 0 Å². The first kappa shape index (κ1) is 22.7. The van der Waals surface area contributed by atoms with Gasteiger partial charge in [0.1, 0.15) is 6.10 Å². The largest absolute Gasteiger partial charge is 0.456 e. The maximum atomic E-state index is 12.6. The minimum atomic E-state index is -0.225. The highest BCUT2D eigenvalue weighted by Crippen LogP contribution is 2.17. The monoisotopic (exact) mass is 362 g/mol. The summed E-state index contributed by atoms with van der Waals surface area (Å²) in [6.07, 6.45) is 8.66. The van der Waals surface area contributed by atoms with Crippen molar-refractivity contribution < 1.29 is 14.3 Å². The average molecular weight is 363 g/mol. The third-order valence-corrected chi connectivity index (χ3v) is 4.79. The van der Waals surface area contributed by atoms with Gasteiger partial charge < -0.3 is 9.47 Å². The van der Waals surface area contributed by atoms with Gasteiger partial charge in [0.25, 0.3) is 0 Å². The Kier molecular flexibility index (Phi) is 11.3. The molecule has 0 saturated carbocycles. The molecule has 0 aliphatic rings. The summed E-state index contributed by atoms with van der Waals surface area (Å²) in [5, 5.41) is 0. The predicted molar refractivity (Wildman–Crippen MR) is 109 cm³/mol. The summed E-state index contributed by atoms with van der Waals surface area (Å²) >= 11 is 0. The lowest BCUT2D eigenvalue weighted by atomic mass is 10.0. The smallest absolute Gasteiger partial charge is 0.338 e. The van der Waals surface area contributed by atoms with E-state index in [2.05, 4.69) is 33.8 Å². The molecule has 0 bridgehead atoms. The highest BCUT2D eigenvalue weighted by atomic mass is 16.6. The highest BCUT2D eigenvalue weighted by molar-refractivity contribution is 5.90. The minimum Gasteiger partial charge on any atom is -0.456 e. The molecule has 3 nitrogen and oxygen atoms in total. The number of ether oxygens (including phenoxy) is 2. The first-order valence-electron chi connectivity index (χ1n) is 10.3. The second-order valence-corrected chi connectivity index (χ2v) is 7.61. The summed E-state index contributed by atoms with van der Waals surface area (Å²) in [5.41, 5.74) is 3.04. The Balaban J connectivity index is 2.54. The number of aryl methyl sites for hydroxylation is 2. The second kappa shape index (κ2) is 12.9. The van der Waals surface area contributed by atoms with Gasteiger partial charge in [0, 0.05) is 7.11 Å². The van der Waals surface area contributed by atoms with E-state index in [1.807, 2.05) is 12.1 Å². The van der Waals surface area contributed by atoms with Crippen molar-refractivity contribution in [1.82, 2.24) is 0 Å². The van der Waals surface area contributed by atoms with Gasteiger partial charge in [-0.25, -0.2) is 4.79 Å². The van der Waals surface area contributed by atoms with E-state index in [4.69, 9.17) is 9.47 Å². The number of rotatable bonds is 13. The van der Waals surface area contributed by atoms with Crippen molar-refractivity contribution >= 4 is 5.97 Å². The molecule has 0 spiro atoms. The molecule has 0 amide bonds. The van der Waals surface area contributed by atoms with Gasteiger partial charge in [0.05, 0.1) is 12.2 Å². The molecule has 0 N–H and O–H groups in total. The molecule has 0 heterocycles. The lowest BCUT2D eigenvalue weighted by Crippen LogP contribution is -2.23. The van der Waals surface area contributed by atoms with Gasteiger partial charge in [-0.3, -0.25) is 0 Å². The van der Waals surface area contributed by atoms with E-state index in [9.17, 15) is 4.79 Å². The number of hydrogen-bond donors (Lipinski definition) is 0. The van der Waals surface area contributed by atoms with Gasteiger partial charge in [0.15, 0.2) is 0 Å². The number of hydrogen-bond acceptors (Lipinski definition) is 3. The van der Waals surface area contributed by atoms with Crippen LogP contribution in [0.5, 0.6) is 0 Å². The van der Waals surface area contributed by atoms with E-state index >= 15 is 0 Å². The van der Waals surface area contributed by atoms with Crippen molar-refractivity contribution in [1.29, 1.82) is 0 Å². The van der Waals surface area contributed by atoms with Crippen LogP contribution in [0, 0.1) is 5.92 Å². The summed E-state index contributed by atoms with van der Waals surface area (Å²) in [5.74, 6) is 0.556. The molecule has 1 rings (SSSR count). The number of unbranched alkanes of at least 4 members (excludes halogenated alkanes) is 3. The molecule has 1 unspecified atom stereocenters. The molecule has 1 atom stereocenters. The second-order valence-electron chi connectivity index (χ2n) is 7.61. The lowest BCUT2D eigenvalue weighted by Gasteiger charge is -2.18. The SMILES string of the molecule is CCc1cc(CC)cc(C(=O)OC(CCCCCCC(C)C)COC)c1. The number of esters is 1. The Morgan fingerprint density at radius 3 is 2.00 bits per heavy atom. The molecule has 0 radical (unpaired) electrons. The minimum absolute atomic E-state index is 0.159. The fourth-order valence-electron chi connectivity index (χ4n) is 3.15. The Hall–Kier alpha value is -1.35. The van der Waals surface area contributed by atoms with Crippen LogP contribution in [-0.2, 0) is 22.3 Å². The van der Waals surface area contributed by atoms with Crippen molar-refractivity contribution in [2.45, 2.75) is 85.2 Å². The molecule has 0 aromatic heterocycles. The molecular weight excluding hydrogens is 324 g/mol. The molecule has 1 aromatic carbocycles. The van der Waals surface area contributed by atoms with Crippen molar-refractivity contribution in [3.63, 3.8) is 0 Å². The summed E-state index contributed by atoms with van der Waals surface area (Å²) in [6, 6.07) is 6.08. The molecule has 1 aromatic rings. The molecule has 0 aliphatic heterocycles. The summed E-state index contributed by atoms with van der Waals surface area (Å²) < 4.78 is 11.0. The molecular formula is C23H38O3. The molecule has 0 aliphatic carbocycles. The van der Waals surface area contributed by atoms with Crippen LogP contribution in [0.3, 0.4) is 0 Å². The average Bonchev–Trinajstić information content (AvgIpc) is 2.63. The fraction of sp³-hybridized carbons (Fsp3) is 0.696. The Morgan fingerprint density at radius 2 is 1.50 bits per heavy atom. The zero-order valence-corrected chi connectivity index (χ0v) is 17.5. The van der Waals surface area contributed by atoms with E-state index < -0.39 is 0 Å². The van der Waals surface area contributed by atoms with E-state index in [0.29, 0.717) is 12.2 Å². The first-order valence-corrected chi connectivity index (χ1v) is 10.3. The lowest BCUT2D eigenvalue weighted by molar-refractivity contribution is 0.00235. The summed E-state index contributed by atoms with van der Waals surface area (Å²) in [4.78, 5) is 12.6. The van der Waals surface area contributed by atoms with Crippen LogP contribution in [-0.4, -0.2) is 25.8 Å². The van der Waals surface area contributed by atoms with Crippen LogP contribution in [0.15, 0.2) is 18.2 Å². The topological polar surface area (TPSA) is 35.5 Å². The summed E-state index contributed by atoms with van der Waals surface area (Å²) in [6.45, 7) is 9.22.